The van der Waals surface area contributed by atoms with Crippen LogP contribution in [0.5, 0.6) is 0 Å². The Hall–Kier alpha value is -2.51. The molecule has 2 heterocycles. The van der Waals surface area contributed by atoms with E-state index in [2.05, 4.69) is 10.1 Å². The monoisotopic (exact) mass is 419 g/mol. The molecule has 0 fully saturated rings. The lowest BCUT2D eigenvalue weighted by Gasteiger charge is -2.12. The zero-order valence-corrected chi connectivity index (χ0v) is 17.4. The van der Waals surface area contributed by atoms with Crippen LogP contribution in [0.1, 0.15) is 32.0 Å². The number of benzene rings is 1. The van der Waals surface area contributed by atoms with Crippen LogP contribution in [0.3, 0.4) is 0 Å². The molecule has 28 heavy (non-hydrogen) atoms. The van der Waals surface area contributed by atoms with Gasteiger partial charge in [0.25, 0.3) is 5.56 Å². The summed E-state index contributed by atoms with van der Waals surface area (Å²) < 4.78 is 15.5. The fourth-order valence-corrected chi connectivity index (χ4v) is 3.61. The molecule has 146 valence electrons. The molecular formula is C20H19ClFN3O2S. The molecule has 0 aliphatic rings. The minimum atomic E-state index is -0.527. The quantitative estimate of drug-likeness (QED) is 0.709. The number of rotatable bonds is 3. The zero-order chi connectivity index (χ0) is 20.6. The van der Waals surface area contributed by atoms with Gasteiger partial charge in [0.15, 0.2) is 5.78 Å². The lowest BCUT2D eigenvalue weighted by molar-refractivity contribution is -0.119. The summed E-state index contributed by atoms with van der Waals surface area (Å²) in [7, 11) is 0. The van der Waals surface area contributed by atoms with Crippen molar-refractivity contribution in [3.8, 4) is 5.69 Å². The standard InChI is InChI=1S/C20H19ClFN3O2S/c1-11-14(18(21)25(24-11)13-7-5-12(22)6-8-13)9-15-19(27)23-17(28-15)10-16(26)20(2,3)4/h5-10H,1-4H3,(H,23,27)/b15-9-,17-10+. The van der Waals surface area contributed by atoms with Crippen molar-refractivity contribution < 1.29 is 9.18 Å². The minimum Gasteiger partial charge on any atom is -0.313 e. The molecule has 1 aromatic carbocycles. The topological polar surface area (TPSA) is 67.8 Å². The Morgan fingerprint density at radius 1 is 1.29 bits per heavy atom. The Balaban J connectivity index is 2.08. The van der Waals surface area contributed by atoms with Gasteiger partial charge in [0.1, 0.15) is 11.0 Å². The number of ketones is 1. The van der Waals surface area contributed by atoms with Crippen molar-refractivity contribution in [3.05, 3.63) is 66.0 Å². The smallest absolute Gasteiger partial charge is 0.266 e. The first-order chi connectivity index (χ1) is 13.1. The fourth-order valence-electron chi connectivity index (χ4n) is 2.42. The Morgan fingerprint density at radius 2 is 1.93 bits per heavy atom. The number of nitrogens with zero attached hydrogens (tertiary/aromatic N) is 2. The third-order valence-electron chi connectivity index (χ3n) is 4.08. The average Bonchev–Trinajstić information content (AvgIpc) is 3.09. The van der Waals surface area contributed by atoms with Gasteiger partial charge in [-0.05, 0) is 37.3 Å². The van der Waals surface area contributed by atoms with Crippen molar-refractivity contribution in [3.63, 3.8) is 0 Å². The molecule has 8 heteroatoms. The number of nitrogens with one attached hydrogen (secondary N) is 1. The molecule has 2 aromatic heterocycles. The first-order valence-electron chi connectivity index (χ1n) is 8.54. The van der Waals surface area contributed by atoms with E-state index in [1.165, 1.54) is 34.2 Å². The molecule has 1 N–H and O–H groups in total. The van der Waals surface area contributed by atoms with Crippen LogP contribution < -0.4 is 14.8 Å². The summed E-state index contributed by atoms with van der Waals surface area (Å²) >= 11 is 7.64. The predicted octanol–water partition coefficient (Wildman–Crippen LogP) is 2.95. The highest BCUT2D eigenvalue weighted by molar-refractivity contribution is 7.07. The molecule has 0 bridgehead atoms. The van der Waals surface area contributed by atoms with Crippen molar-refractivity contribution in [2.45, 2.75) is 27.7 Å². The lowest BCUT2D eigenvalue weighted by atomic mass is 9.91. The maximum Gasteiger partial charge on any atom is 0.266 e. The van der Waals surface area contributed by atoms with Crippen LogP contribution in [0.2, 0.25) is 5.15 Å². The second kappa shape index (κ2) is 7.48. The highest BCUT2D eigenvalue weighted by Gasteiger charge is 2.19. The Labute approximate surface area is 169 Å². The summed E-state index contributed by atoms with van der Waals surface area (Å²) in [5.74, 6) is -0.427. The van der Waals surface area contributed by atoms with Gasteiger partial charge in [-0.3, -0.25) is 9.59 Å². The van der Waals surface area contributed by atoms with Crippen LogP contribution >= 0.6 is 22.9 Å². The summed E-state index contributed by atoms with van der Waals surface area (Å²) in [4.78, 5) is 27.2. The fraction of sp³-hybridized carbons (Fsp3) is 0.250. The lowest BCUT2D eigenvalue weighted by Crippen LogP contribution is -2.22. The maximum atomic E-state index is 13.2. The Kier molecular flexibility index (Phi) is 5.41. The van der Waals surface area contributed by atoms with Gasteiger partial charge in [0.2, 0.25) is 0 Å². The zero-order valence-electron chi connectivity index (χ0n) is 15.8. The number of carbonyl (C=O) groups is 1. The molecular weight excluding hydrogens is 401 g/mol. The van der Waals surface area contributed by atoms with E-state index in [9.17, 15) is 14.0 Å². The van der Waals surface area contributed by atoms with Gasteiger partial charge in [-0.1, -0.05) is 32.4 Å². The SMILES string of the molecule is Cc1nn(-c2ccc(F)cc2)c(Cl)c1/C=c1\s/c(=C/C(=O)C(C)(C)C)[nH]c1=O. The molecule has 0 radical (unpaired) electrons. The van der Waals surface area contributed by atoms with Crippen LogP contribution in [-0.2, 0) is 4.79 Å². The number of H-pyrrole nitrogens is 1. The van der Waals surface area contributed by atoms with Gasteiger partial charge in [-0.25, -0.2) is 9.07 Å². The van der Waals surface area contributed by atoms with E-state index < -0.39 is 5.41 Å². The molecule has 0 spiro atoms. The molecule has 0 saturated carbocycles. The van der Waals surface area contributed by atoms with Gasteiger partial charge in [0, 0.05) is 17.1 Å². The van der Waals surface area contributed by atoms with E-state index in [-0.39, 0.29) is 17.2 Å². The van der Waals surface area contributed by atoms with Crippen LogP contribution in [0.4, 0.5) is 4.39 Å². The van der Waals surface area contributed by atoms with Gasteiger partial charge in [0.05, 0.1) is 20.6 Å². The highest BCUT2D eigenvalue weighted by Crippen LogP contribution is 2.24. The largest absolute Gasteiger partial charge is 0.313 e. The molecule has 0 amide bonds. The summed E-state index contributed by atoms with van der Waals surface area (Å²) in [6.07, 6.45) is 3.09. The van der Waals surface area contributed by atoms with Crippen molar-refractivity contribution in [2.24, 2.45) is 5.41 Å². The minimum absolute atomic E-state index is 0.0742. The number of aromatic nitrogens is 3. The van der Waals surface area contributed by atoms with E-state index in [0.717, 1.165) is 0 Å². The van der Waals surface area contributed by atoms with E-state index >= 15 is 0 Å². The predicted molar refractivity (Wildman–Crippen MR) is 110 cm³/mol. The summed E-state index contributed by atoms with van der Waals surface area (Å²) in [5, 5.41) is 4.70. The van der Waals surface area contributed by atoms with E-state index in [4.69, 9.17) is 11.6 Å². The molecule has 3 aromatic rings. The third kappa shape index (κ3) is 4.15. The van der Waals surface area contributed by atoms with Crippen molar-refractivity contribution >= 4 is 40.9 Å². The van der Waals surface area contributed by atoms with Crippen LogP contribution in [0, 0.1) is 18.2 Å². The number of hydrogen-bond donors (Lipinski definition) is 1. The molecule has 0 aliphatic heterocycles. The first-order valence-corrected chi connectivity index (χ1v) is 9.74. The number of hydrogen-bond acceptors (Lipinski definition) is 4. The number of Topliss-reactive ketones (excluding diaryl/α,β-unsaturated/α-hetero) is 1. The molecule has 3 rings (SSSR count). The van der Waals surface area contributed by atoms with Gasteiger partial charge in [-0.15, -0.1) is 11.3 Å². The second-order valence-electron chi connectivity index (χ2n) is 7.37. The van der Waals surface area contributed by atoms with Crippen molar-refractivity contribution in [2.75, 3.05) is 0 Å². The summed E-state index contributed by atoms with van der Waals surface area (Å²) in [6.45, 7) is 7.22. The van der Waals surface area contributed by atoms with Gasteiger partial charge < -0.3 is 4.98 Å². The van der Waals surface area contributed by atoms with Crippen molar-refractivity contribution in [1.82, 2.24) is 14.8 Å². The third-order valence-corrected chi connectivity index (χ3v) is 5.40. The molecule has 5 nitrogen and oxygen atoms in total. The van der Waals surface area contributed by atoms with E-state index in [1.807, 2.05) is 20.8 Å². The number of thiazole rings is 1. The van der Waals surface area contributed by atoms with Crippen molar-refractivity contribution in [1.29, 1.82) is 0 Å². The number of aromatic amines is 1. The summed E-state index contributed by atoms with van der Waals surface area (Å²) in [5.41, 5.74) is 0.994. The molecule has 0 atom stereocenters. The first kappa shape index (κ1) is 20.2. The molecule has 0 saturated heterocycles. The van der Waals surface area contributed by atoms with Crippen LogP contribution in [0.25, 0.3) is 17.8 Å². The molecule has 0 unspecified atom stereocenters. The van der Waals surface area contributed by atoms with Crippen LogP contribution in [-0.4, -0.2) is 20.5 Å². The highest BCUT2D eigenvalue weighted by atomic mass is 35.5. The second-order valence-corrected chi connectivity index (χ2v) is 8.81. The number of carbonyl (C=O) groups excluding carboxylic acids is 1. The molecule has 0 aliphatic carbocycles. The average molecular weight is 420 g/mol. The van der Waals surface area contributed by atoms with E-state index in [0.29, 0.717) is 31.3 Å². The Bertz CT molecular complexity index is 1210. The number of aryl methyl sites for hydroxylation is 1. The van der Waals surface area contributed by atoms with Crippen LogP contribution in [0.15, 0.2) is 29.1 Å². The van der Waals surface area contributed by atoms with Gasteiger partial charge >= 0.3 is 0 Å². The maximum absolute atomic E-state index is 13.2. The van der Waals surface area contributed by atoms with Gasteiger partial charge in [-0.2, -0.15) is 5.10 Å². The number of halogens is 2. The Morgan fingerprint density at radius 3 is 2.54 bits per heavy atom. The summed E-state index contributed by atoms with van der Waals surface area (Å²) in [6, 6.07) is 5.79. The van der Waals surface area contributed by atoms with E-state index in [1.54, 1.807) is 25.1 Å². The normalized spacial score (nSPS) is 13.4.